The summed E-state index contributed by atoms with van der Waals surface area (Å²) in [6, 6.07) is 0. The maximum atomic E-state index is 12.5. The Bertz CT molecular complexity index is 318. The Kier molecular flexibility index (Phi) is 8.16. The van der Waals surface area contributed by atoms with E-state index in [-0.39, 0.29) is 0 Å². The molecule has 0 saturated heterocycles. The van der Waals surface area contributed by atoms with Crippen molar-refractivity contribution in [1.29, 1.82) is 0 Å². The molecule has 0 aliphatic carbocycles. The van der Waals surface area contributed by atoms with Crippen molar-refractivity contribution >= 4 is 0 Å². The van der Waals surface area contributed by atoms with Crippen LogP contribution in [0.4, 0.5) is 26.3 Å². The molecule has 0 radical (unpaired) electrons. The highest BCUT2D eigenvalue weighted by molar-refractivity contribution is 4.51. The maximum absolute atomic E-state index is 12.5. The molecule has 0 bridgehead atoms. The SMILES string of the molecule is CCOC(OC)(OC(F)(F)F)OC(OC)(OCC)OC(F)(F)F. The second-order valence-corrected chi connectivity index (χ2v) is 3.47. The third kappa shape index (κ3) is 8.10. The fourth-order valence-electron chi connectivity index (χ4n) is 1.23. The van der Waals surface area contributed by atoms with Gasteiger partial charge in [-0.05, 0) is 13.8 Å². The quantitative estimate of drug-likeness (QED) is 0.437. The standard InChI is InChI=1S/C10H16F6O7/c1-5-19-9(17-3,21-7(11,12)13)23-10(18-4,20-6-2)22-8(14,15)16/h5-6H2,1-4H3. The molecule has 0 aliphatic rings. The molecule has 23 heavy (non-hydrogen) atoms. The molecule has 0 amide bonds. The first kappa shape index (κ1) is 22.3. The second-order valence-electron chi connectivity index (χ2n) is 3.47. The predicted octanol–water partition coefficient (Wildman–Crippen LogP) is 2.66. The summed E-state index contributed by atoms with van der Waals surface area (Å²) in [6.45, 7) is 1.41. The smallest absolute Gasteiger partial charge is 0.306 e. The van der Waals surface area contributed by atoms with E-state index in [1.165, 1.54) is 13.8 Å². The molecule has 7 nitrogen and oxygen atoms in total. The molecule has 0 fully saturated rings. The van der Waals surface area contributed by atoms with Crippen LogP contribution in [0.5, 0.6) is 0 Å². The molecule has 140 valence electrons. The van der Waals surface area contributed by atoms with Gasteiger partial charge >= 0.3 is 25.0 Å². The number of methoxy groups -OCH3 is 2. The Balaban J connectivity index is 5.65. The van der Waals surface area contributed by atoms with Crippen LogP contribution in [0.1, 0.15) is 13.8 Å². The molecule has 0 heterocycles. The van der Waals surface area contributed by atoms with Gasteiger partial charge in [0.25, 0.3) is 0 Å². The number of hydrogen-bond donors (Lipinski definition) is 0. The predicted molar refractivity (Wildman–Crippen MR) is 58.1 cm³/mol. The highest BCUT2D eigenvalue weighted by Gasteiger charge is 2.57. The van der Waals surface area contributed by atoms with Crippen molar-refractivity contribution < 1.29 is 59.5 Å². The van der Waals surface area contributed by atoms with E-state index in [4.69, 9.17) is 0 Å². The van der Waals surface area contributed by atoms with E-state index in [9.17, 15) is 26.3 Å². The van der Waals surface area contributed by atoms with E-state index >= 15 is 0 Å². The Labute approximate surface area is 127 Å². The van der Waals surface area contributed by atoms with Crippen LogP contribution in [0.3, 0.4) is 0 Å². The Hall–Kier alpha value is -0.700. The van der Waals surface area contributed by atoms with Gasteiger partial charge in [0, 0.05) is 14.2 Å². The third-order valence-electron chi connectivity index (χ3n) is 1.87. The lowest BCUT2D eigenvalue weighted by atomic mass is 10.8. The molecule has 0 aromatic rings. The zero-order valence-electron chi connectivity index (χ0n) is 12.5. The van der Waals surface area contributed by atoms with Crippen LogP contribution < -0.4 is 0 Å². The summed E-state index contributed by atoms with van der Waals surface area (Å²) in [5.74, 6) is 0. The van der Waals surface area contributed by atoms with Gasteiger partial charge in [-0.1, -0.05) is 0 Å². The lowest BCUT2D eigenvalue weighted by Crippen LogP contribution is -2.56. The van der Waals surface area contributed by atoms with Crippen molar-refractivity contribution in [2.24, 2.45) is 0 Å². The van der Waals surface area contributed by atoms with Crippen molar-refractivity contribution in [3.63, 3.8) is 0 Å². The van der Waals surface area contributed by atoms with Crippen LogP contribution in [0.15, 0.2) is 0 Å². The molecule has 13 heteroatoms. The summed E-state index contributed by atoms with van der Waals surface area (Å²) in [7, 11) is 1.25. The average molecular weight is 362 g/mol. The van der Waals surface area contributed by atoms with E-state index in [2.05, 4.69) is 33.2 Å². The fraction of sp³-hybridized carbons (Fsp3) is 1.00. The average Bonchev–Trinajstić information content (AvgIpc) is 2.35. The number of rotatable bonds is 10. The summed E-state index contributed by atoms with van der Waals surface area (Å²) in [5.41, 5.74) is 0. The number of hydrogen-bond acceptors (Lipinski definition) is 7. The molecular formula is C10H16F6O7. The minimum Gasteiger partial charge on any atom is -0.306 e. The number of halogens is 6. The molecule has 0 N–H and O–H groups in total. The van der Waals surface area contributed by atoms with E-state index in [1.54, 1.807) is 0 Å². The number of ether oxygens (including phenoxy) is 7. The molecule has 2 atom stereocenters. The summed E-state index contributed by atoms with van der Waals surface area (Å²) in [5, 5.41) is 0. The van der Waals surface area contributed by atoms with Crippen LogP contribution in [-0.4, -0.2) is 52.5 Å². The first-order valence-corrected chi connectivity index (χ1v) is 5.98. The van der Waals surface area contributed by atoms with Gasteiger partial charge in [-0.25, -0.2) is 14.2 Å². The van der Waals surface area contributed by atoms with Crippen LogP contribution in [-0.2, 0) is 33.2 Å². The maximum Gasteiger partial charge on any atom is 0.528 e. The van der Waals surface area contributed by atoms with Gasteiger partial charge in [0.15, 0.2) is 0 Å². The van der Waals surface area contributed by atoms with E-state index in [0.29, 0.717) is 14.2 Å². The second kappa shape index (κ2) is 8.41. The van der Waals surface area contributed by atoms with Crippen molar-refractivity contribution in [2.45, 2.75) is 38.9 Å². The number of alkyl halides is 6. The van der Waals surface area contributed by atoms with Crippen molar-refractivity contribution in [3.05, 3.63) is 0 Å². The van der Waals surface area contributed by atoms with Gasteiger partial charge in [-0.2, -0.15) is 0 Å². The molecule has 2 unspecified atom stereocenters. The Morgan fingerprint density at radius 2 is 0.913 bits per heavy atom. The monoisotopic (exact) mass is 362 g/mol. The molecule has 0 aliphatic heterocycles. The molecule has 0 spiro atoms. The van der Waals surface area contributed by atoms with E-state index in [0.717, 1.165) is 0 Å². The van der Waals surface area contributed by atoms with Crippen LogP contribution in [0.2, 0.25) is 0 Å². The molecule has 0 rings (SSSR count). The summed E-state index contributed by atoms with van der Waals surface area (Å²) < 4.78 is 104. The zero-order chi connectivity index (χ0) is 18.4. The van der Waals surface area contributed by atoms with Crippen molar-refractivity contribution in [2.75, 3.05) is 27.4 Å². The van der Waals surface area contributed by atoms with E-state index < -0.39 is 38.3 Å². The summed E-state index contributed by atoms with van der Waals surface area (Å²) in [6.07, 6.45) is -17.7. The lowest BCUT2D eigenvalue weighted by Gasteiger charge is -2.38. The highest BCUT2D eigenvalue weighted by atomic mass is 19.4. The molecule has 0 aromatic carbocycles. The Morgan fingerprint density at radius 1 is 0.609 bits per heavy atom. The first-order chi connectivity index (χ1) is 10.4. The van der Waals surface area contributed by atoms with Gasteiger partial charge in [-0.3, -0.25) is 0 Å². The molecular weight excluding hydrogens is 346 g/mol. The first-order valence-electron chi connectivity index (χ1n) is 5.98. The topological polar surface area (TPSA) is 64.6 Å². The highest BCUT2D eigenvalue weighted by Crippen LogP contribution is 2.36. The molecule has 0 aromatic heterocycles. The van der Waals surface area contributed by atoms with Gasteiger partial charge in [-0.15, -0.1) is 26.3 Å². The summed E-state index contributed by atoms with van der Waals surface area (Å²) >= 11 is 0. The lowest BCUT2D eigenvalue weighted by molar-refractivity contribution is -0.660. The minimum absolute atomic E-state index is 0.498. The van der Waals surface area contributed by atoms with Gasteiger partial charge < -0.3 is 18.9 Å². The largest absolute Gasteiger partial charge is 0.528 e. The van der Waals surface area contributed by atoms with Crippen LogP contribution in [0, 0.1) is 0 Å². The van der Waals surface area contributed by atoms with Crippen LogP contribution >= 0.6 is 0 Å². The normalized spacial score (nSPS) is 18.5. The third-order valence-corrected chi connectivity index (χ3v) is 1.87. The Morgan fingerprint density at radius 3 is 1.09 bits per heavy atom. The van der Waals surface area contributed by atoms with Crippen molar-refractivity contribution in [3.8, 4) is 0 Å². The zero-order valence-corrected chi connectivity index (χ0v) is 12.5. The van der Waals surface area contributed by atoms with Crippen molar-refractivity contribution in [1.82, 2.24) is 0 Å². The van der Waals surface area contributed by atoms with Crippen LogP contribution in [0.25, 0.3) is 0 Å². The summed E-state index contributed by atoms with van der Waals surface area (Å²) in [4.78, 5) is 0. The van der Waals surface area contributed by atoms with Gasteiger partial charge in [0.05, 0.1) is 13.2 Å². The van der Waals surface area contributed by atoms with E-state index in [1.807, 2.05) is 0 Å². The fourth-order valence-corrected chi connectivity index (χ4v) is 1.23. The minimum atomic E-state index is -5.39. The van der Waals surface area contributed by atoms with Gasteiger partial charge in [0.1, 0.15) is 0 Å². The molecule has 0 saturated carbocycles. The van der Waals surface area contributed by atoms with Gasteiger partial charge in [0.2, 0.25) is 0 Å².